The van der Waals surface area contributed by atoms with Gasteiger partial charge in [0.05, 0.1) is 23.3 Å². The van der Waals surface area contributed by atoms with Crippen LogP contribution >= 0.6 is 15.9 Å². The average molecular weight is 433 g/mol. The number of esters is 1. The van der Waals surface area contributed by atoms with E-state index in [1.165, 1.54) is 0 Å². The van der Waals surface area contributed by atoms with Gasteiger partial charge in [-0.1, -0.05) is 20.8 Å². The molecule has 5 nitrogen and oxygen atoms in total. The first-order valence-corrected chi connectivity index (χ1v) is 12.5. The summed E-state index contributed by atoms with van der Waals surface area (Å²) in [4.78, 5) is 12.1. The quantitative estimate of drug-likeness (QED) is 0.440. The lowest BCUT2D eigenvalue weighted by Gasteiger charge is -2.39. The minimum absolute atomic E-state index is 0.0692. The Kier molecular flexibility index (Phi) is 7.48. The van der Waals surface area contributed by atoms with Crippen molar-refractivity contribution in [3.63, 3.8) is 0 Å². The Hall–Kier alpha value is -0.663. The van der Waals surface area contributed by atoms with Gasteiger partial charge in [-0.15, -0.1) is 0 Å². The zero-order chi connectivity index (χ0) is 19.5. The Morgan fingerprint density at radius 3 is 2.32 bits per heavy atom. The van der Waals surface area contributed by atoms with E-state index >= 15 is 0 Å². The number of hydrogen-bond donors (Lipinski definition) is 0. The topological polar surface area (TPSA) is 53.4 Å². The normalized spacial score (nSPS) is 14.4. The van der Waals surface area contributed by atoms with Crippen LogP contribution in [0.4, 0.5) is 0 Å². The highest BCUT2D eigenvalue weighted by atomic mass is 79.9. The summed E-state index contributed by atoms with van der Waals surface area (Å²) in [6.07, 6.45) is 4.59. The first-order chi connectivity index (χ1) is 11.2. The molecule has 0 aromatic carbocycles. The zero-order valence-electron chi connectivity index (χ0n) is 16.9. The predicted molar refractivity (Wildman–Crippen MR) is 107 cm³/mol. The second-order valence-corrected chi connectivity index (χ2v) is 14.7. The van der Waals surface area contributed by atoms with E-state index < -0.39 is 13.9 Å². The van der Waals surface area contributed by atoms with E-state index in [1.807, 2.05) is 31.6 Å². The summed E-state index contributed by atoms with van der Waals surface area (Å²) >= 11 is 3.42. The Balaban J connectivity index is 2.79. The number of carbonyl (C=O) groups excluding carboxylic acids is 1. The van der Waals surface area contributed by atoms with Gasteiger partial charge in [0.25, 0.3) is 0 Å². The van der Waals surface area contributed by atoms with Crippen LogP contribution in [-0.4, -0.2) is 35.8 Å². The molecule has 0 unspecified atom stereocenters. The van der Waals surface area contributed by atoms with Crippen LogP contribution in [0.3, 0.4) is 0 Å². The van der Waals surface area contributed by atoms with E-state index in [-0.39, 0.29) is 17.1 Å². The average Bonchev–Trinajstić information content (AvgIpc) is 2.77. The molecule has 0 spiro atoms. The number of ether oxygens (including phenoxy) is 1. The van der Waals surface area contributed by atoms with Crippen LogP contribution in [0.15, 0.2) is 16.9 Å². The van der Waals surface area contributed by atoms with Gasteiger partial charge in [0.15, 0.2) is 8.32 Å². The van der Waals surface area contributed by atoms with E-state index in [1.54, 1.807) is 6.20 Å². The van der Waals surface area contributed by atoms with Gasteiger partial charge >= 0.3 is 5.97 Å². The van der Waals surface area contributed by atoms with Crippen molar-refractivity contribution in [3.05, 3.63) is 16.9 Å². The second kappa shape index (κ2) is 8.35. The van der Waals surface area contributed by atoms with Crippen molar-refractivity contribution >= 4 is 30.2 Å². The molecule has 1 rings (SSSR count). The Morgan fingerprint density at radius 1 is 1.28 bits per heavy atom. The molecule has 0 aliphatic heterocycles. The molecule has 1 aromatic heterocycles. The minimum Gasteiger partial charge on any atom is -0.460 e. The van der Waals surface area contributed by atoms with Crippen molar-refractivity contribution in [3.8, 4) is 0 Å². The molecule has 0 saturated carbocycles. The molecule has 0 fully saturated rings. The summed E-state index contributed by atoms with van der Waals surface area (Å²) in [5.74, 6) is -0.182. The summed E-state index contributed by atoms with van der Waals surface area (Å²) < 4.78 is 14.8. The van der Waals surface area contributed by atoms with Crippen LogP contribution in [0.25, 0.3) is 0 Å². The van der Waals surface area contributed by atoms with Gasteiger partial charge in [-0.25, -0.2) is 0 Å². The highest BCUT2D eigenvalue weighted by molar-refractivity contribution is 9.10. The van der Waals surface area contributed by atoms with Crippen molar-refractivity contribution in [2.24, 2.45) is 0 Å². The third kappa shape index (κ3) is 8.05. The van der Waals surface area contributed by atoms with Gasteiger partial charge in [-0.05, 0) is 61.3 Å². The molecule has 0 N–H and O–H groups in total. The maximum Gasteiger partial charge on any atom is 0.306 e. The second-order valence-electron chi connectivity index (χ2n) is 9.01. The molecule has 0 saturated heterocycles. The molecule has 0 amide bonds. The fourth-order valence-corrected chi connectivity index (χ4v) is 3.81. The van der Waals surface area contributed by atoms with E-state index in [2.05, 4.69) is 54.9 Å². The molecule has 25 heavy (non-hydrogen) atoms. The molecule has 1 aromatic rings. The Bertz CT molecular complexity index is 574. The van der Waals surface area contributed by atoms with E-state index in [0.29, 0.717) is 19.4 Å². The number of carbonyl (C=O) groups is 1. The van der Waals surface area contributed by atoms with Crippen LogP contribution in [-0.2, 0) is 20.5 Å². The van der Waals surface area contributed by atoms with E-state index in [4.69, 9.17) is 9.16 Å². The third-order valence-corrected chi connectivity index (χ3v) is 9.29. The Morgan fingerprint density at radius 2 is 1.88 bits per heavy atom. The highest BCUT2D eigenvalue weighted by Crippen LogP contribution is 2.38. The molecule has 144 valence electrons. The van der Waals surface area contributed by atoms with Crippen LogP contribution in [0.5, 0.6) is 0 Å². The van der Waals surface area contributed by atoms with Gasteiger partial charge in [-0.3, -0.25) is 9.48 Å². The van der Waals surface area contributed by atoms with Crippen molar-refractivity contribution in [2.75, 3.05) is 0 Å². The van der Waals surface area contributed by atoms with Crippen LogP contribution in [0.2, 0.25) is 18.1 Å². The van der Waals surface area contributed by atoms with Gasteiger partial charge in [0.2, 0.25) is 0 Å². The van der Waals surface area contributed by atoms with Gasteiger partial charge in [0.1, 0.15) is 5.60 Å². The summed E-state index contributed by atoms with van der Waals surface area (Å²) in [6, 6.07) is 0. The maximum atomic E-state index is 12.1. The fourth-order valence-electron chi connectivity index (χ4n) is 2.10. The van der Waals surface area contributed by atoms with Crippen LogP contribution in [0.1, 0.15) is 54.4 Å². The van der Waals surface area contributed by atoms with Gasteiger partial charge in [-0.2, -0.15) is 5.10 Å². The lowest BCUT2D eigenvalue weighted by Crippen LogP contribution is -2.45. The van der Waals surface area contributed by atoms with Crippen molar-refractivity contribution in [2.45, 2.75) is 90.8 Å². The third-order valence-electron chi connectivity index (χ3n) is 4.35. The number of rotatable bonds is 7. The molecular weight excluding hydrogens is 400 g/mol. The summed E-state index contributed by atoms with van der Waals surface area (Å²) in [5, 5.41) is 4.44. The monoisotopic (exact) mass is 432 g/mol. The standard InChI is InChI=1S/C18H33BrN2O3Si/c1-17(2,3)23-16(22)10-9-15(13-21-12-14(19)11-20-21)24-25(7,8)18(4,5)6/h11-12,15H,9-10,13H2,1-8H3/t15-/m0/s1. The van der Waals surface area contributed by atoms with Crippen molar-refractivity contribution in [1.82, 2.24) is 9.78 Å². The van der Waals surface area contributed by atoms with Gasteiger partial charge < -0.3 is 9.16 Å². The van der Waals surface area contributed by atoms with Crippen LogP contribution in [0, 0.1) is 0 Å². The SMILES string of the molecule is CC(C)(C)OC(=O)CC[C@@H](Cn1cc(Br)cn1)O[Si](C)(C)C(C)(C)C. The number of nitrogens with zero attached hydrogens (tertiary/aromatic N) is 2. The van der Waals surface area contributed by atoms with E-state index in [9.17, 15) is 4.79 Å². The molecule has 0 aliphatic carbocycles. The van der Waals surface area contributed by atoms with Crippen molar-refractivity contribution in [1.29, 1.82) is 0 Å². The van der Waals surface area contributed by atoms with Gasteiger partial charge in [0, 0.05) is 12.6 Å². The summed E-state index contributed by atoms with van der Waals surface area (Å²) in [7, 11) is -1.94. The fraction of sp³-hybridized carbons (Fsp3) is 0.778. The minimum atomic E-state index is -1.94. The number of halogens is 1. The lowest BCUT2D eigenvalue weighted by atomic mass is 10.1. The zero-order valence-corrected chi connectivity index (χ0v) is 19.4. The lowest BCUT2D eigenvalue weighted by molar-refractivity contribution is -0.155. The molecule has 1 atom stereocenters. The largest absolute Gasteiger partial charge is 0.460 e. The molecule has 7 heteroatoms. The molecule has 1 heterocycles. The Labute approximate surface area is 161 Å². The predicted octanol–water partition coefficient (Wildman–Crippen LogP) is 5.16. The molecular formula is C18H33BrN2O3Si. The summed E-state index contributed by atoms with van der Waals surface area (Å²) in [5.41, 5.74) is -0.459. The molecule has 0 bridgehead atoms. The smallest absolute Gasteiger partial charge is 0.306 e. The first-order valence-electron chi connectivity index (χ1n) is 8.77. The number of hydrogen-bond acceptors (Lipinski definition) is 4. The van der Waals surface area contributed by atoms with E-state index in [0.717, 1.165) is 4.47 Å². The maximum absolute atomic E-state index is 12.1. The van der Waals surface area contributed by atoms with Crippen LogP contribution < -0.4 is 0 Å². The first kappa shape index (κ1) is 22.4. The highest BCUT2D eigenvalue weighted by Gasteiger charge is 2.39. The number of aromatic nitrogens is 2. The van der Waals surface area contributed by atoms with Crippen molar-refractivity contribution < 1.29 is 14.0 Å². The molecule has 0 aliphatic rings. The summed E-state index contributed by atoms with van der Waals surface area (Å²) in [6.45, 7) is 17.4. The molecule has 0 radical (unpaired) electrons.